The highest BCUT2D eigenvalue weighted by Crippen LogP contribution is 2.18. The van der Waals surface area contributed by atoms with Crippen molar-refractivity contribution in [3.05, 3.63) is 65.9 Å². The third-order valence-electron chi connectivity index (χ3n) is 4.56. The Hall–Kier alpha value is -3.08. The van der Waals surface area contributed by atoms with Gasteiger partial charge in [0.05, 0.1) is 0 Å². The van der Waals surface area contributed by atoms with Crippen molar-refractivity contribution in [3.63, 3.8) is 0 Å². The van der Waals surface area contributed by atoms with E-state index < -0.39 is 0 Å². The highest BCUT2D eigenvalue weighted by Gasteiger charge is 2.19. The van der Waals surface area contributed by atoms with E-state index in [-0.39, 0.29) is 11.8 Å². The van der Waals surface area contributed by atoms with Crippen LogP contribution in [0, 0.1) is 0 Å². The molecule has 2 aromatic carbocycles. The molecule has 2 N–H and O–H groups in total. The van der Waals surface area contributed by atoms with Gasteiger partial charge in [-0.25, -0.2) is 0 Å². The topological polar surface area (TPSA) is 65.2 Å². The molecule has 4 rings (SSSR count). The smallest absolute Gasteiger partial charge is 0.272 e. The van der Waals surface area contributed by atoms with Gasteiger partial charge >= 0.3 is 0 Å². The first-order valence-corrected chi connectivity index (χ1v) is 8.49. The second-order valence-electron chi connectivity index (χ2n) is 6.30. The number of hydrogen-bond acceptors (Lipinski definition) is 2. The molecule has 5 nitrogen and oxygen atoms in total. The third kappa shape index (κ3) is 3.13. The zero-order valence-electron chi connectivity index (χ0n) is 13.8. The van der Waals surface area contributed by atoms with Crippen LogP contribution >= 0.6 is 0 Å². The van der Waals surface area contributed by atoms with Crippen molar-refractivity contribution in [2.24, 2.45) is 0 Å². The van der Waals surface area contributed by atoms with Crippen molar-refractivity contribution in [1.29, 1.82) is 0 Å². The summed E-state index contributed by atoms with van der Waals surface area (Å²) in [6.45, 7) is 1.66. The van der Waals surface area contributed by atoms with E-state index >= 15 is 0 Å². The van der Waals surface area contributed by atoms with Gasteiger partial charge in [-0.05, 0) is 49.2 Å². The Kier molecular flexibility index (Phi) is 3.98. The van der Waals surface area contributed by atoms with Gasteiger partial charge < -0.3 is 15.2 Å². The average Bonchev–Trinajstić information content (AvgIpc) is 3.31. The van der Waals surface area contributed by atoms with E-state index in [0.717, 1.165) is 36.8 Å². The first kappa shape index (κ1) is 15.4. The highest BCUT2D eigenvalue weighted by atomic mass is 16.2. The van der Waals surface area contributed by atoms with E-state index in [0.29, 0.717) is 16.9 Å². The summed E-state index contributed by atoms with van der Waals surface area (Å²) in [5, 5.41) is 3.86. The standard InChI is InChI=1S/C20H19N3O2/c24-19(18-13-15-5-1-2-6-17(15)22-18)21-16-9-7-14(8-10-16)20(25)23-11-3-4-12-23/h1-2,5-10,13,22H,3-4,11-12H2,(H,21,24). The van der Waals surface area contributed by atoms with Gasteiger partial charge in [0.15, 0.2) is 0 Å². The zero-order chi connectivity index (χ0) is 17.2. The summed E-state index contributed by atoms with van der Waals surface area (Å²) in [5.41, 5.74) is 2.77. The molecular formula is C20H19N3O2. The number of para-hydroxylation sites is 1. The quantitative estimate of drug-likeness (QED) is 0.768. The molecule has 3 aromatic rings. The molecule has 5 heteroatoms. The molecule has 1 saturated heterocycles. The number of carbonyl (C=O) groups is 2. The molecule has 126 valence electrons. The van der Waals surface area contributed by atoms with Crippen LogP contribution in [0.2, 0.25) is 0 Å². The van der Waals surface area contributed by atoms with E-state index in [2.05, 4.69) is 10.3 Å². The molecular weight excluding hydrogens is 314 g/mol. The molecule has 0 saturated carbocycles. The molecule has 2 amide bonds. The molecule has 0 radical (unpaired) electrons. The Morgan fingerprint density at radius 2 is 1.68 bits per heavy atom. The lowest BCUT2D eigenvalue weighted by Crippen LogP contribution is -2.27. The SMILES string of the molecule is O=C(Nc1ccc(C(=O)N2CCCC2)cc1)c1cc2ccccc2[nH]1. The van der Waals surface area contributed by atoms with Crippen LogP contribution in [-0.2, 0) is 0 Å². The number of aromatic nitrogens is 1. The van der Waals surface area contributed by atoms with Crippen LogP contribution in [0.3, 0.4) is 0 Å². The summed E-state index contributed by atoms with van der Waals surface area (Å²) in [7, 11) is 0. The molecule has 1 aromatic heterocycles. The van der Waals surface area contributed by atoms with E-state index in [9.17, 15) is 9.59 Å². The summed E-state index contributed by atoms with van der Waals surface area (Å²) >= 11 is 0. The van der Waals surface area contributed by atoms with Crippen molar-refractivity contribution >= 4 is 28.4 Å². The van der Waals surface area contributed by atoms with Crippen LogP contribution < -0.4 is 5.32 Å². The van der Waals surface area contributed by atoms with Crippen LogP contribution in [0.25, 0.3) is 10.9 Å². The number of rotatable bonds is 3. The Labute approximate surface area is 145 Å². The lowest BCUT2D eigenvalue weighted by Gasteiger charge is -2.15. The molecule has 1 fully saturated rings. The van der Waals surface area contributed by atoms with Crippen molar-refractivity contribution in [2.75, 3.05) is 18.4 Å². The van der Waals surface area contributed by atoms with Crippen LogP contribution in [0.1, 0.15) is 33.7 Å². The van der Waals surface area contributed by atoms with Crippen LogP contribution in [0.15, 0.2) is 54.6 Å². The molecule has 2 heterocycles. The molecule has 0 aliphatic carbocycles. The van der Waals surface area contributed by atoms with Gasteiger partial charge in [0.1, 0.15) is 5.69 Å². The lowest BCUT2D eigenvalue weighted by molar-refractivity contribution is 0.0792. The minimum atomic E-state index is -0.199. The number of likely N-dealkylation sites (tertiary alicyclic amines) is 1. The number of aromatic amines is 1. The minimum absolute atomic E-state index is 0.0611. The van der Waals surface area contributed by atoms with Crippen LogP contribution in [-0.4, -0.2) is 34.8 Å². The van der Waals surface area contributed by atoms with E-state index in [1.165, 1.54) is 0 Å². The summed E-state index contributed by atoms with van der Waals surface area (Å²) in [6.07, 6.45) is 2.15. The van der Waals surface area contributed by atoms with Crippen molar-refractivity contribution in [1.82, 2.24) is 9.88 Å². The maximum atomic E-state index is 12.4. The maximum Gasteiger partial charge on any atom is 0.272 e. The van der Waals surface area contributed by atoms with Gasteiger partial charge in [0.2, 0.25) is 0 Å². The second-order valence-corrected chi connectivity index (χ2v) is 6.30. The van der Waals surface area contributed by atoms with Crippen molar-refractivity contribution < 1.29 is 9.59 Å². The number of hydrogen-bond donors (Lipinski definition) is 2. The number of amides is 2. The van der Waals surface area contributed by atoms with Crippen LogP contribution in [0.5, 0.6) is 0 Å². The van der Waals surface area contributed by atoms with Gasteiger partial charge in [-0.3, -0.25) is 9.59 Å². The summed E-state index contributed by atoms with van der Waals surface area (Å²) < 4.78 is 0. The summed E-state index contributed by atoms with van der Waals surface area (Å²) in [6, 6.07) is 16.7. The molecule has 0 bridgehead atoms. The van der Waals surface area contributed by atoms with Gasteiger partial charge in [-0.15, -0.1) is 0 Å². The fourth-order valence-electron chi connectivity index (χ4n) is 3.19. The minimum Gasteiger partial charge on any atom is -0.351 e. The van der Waals surface area contributed by atoms with Gasteiger partial charge in [0, 0.05) is 35.2 Å². The summed E-state index contributed by atoms with van der Waals surface area (Å²) in [5.74, 6) is -0.138. The molecule has 0 spiro atoms. The predicted octanol–water partition coefficient (Wildman–Crippen LogP) is 3.66. The Balaban J connectivity index is 1.46. The van der Waals surface area contributed by atoms with E-state index in [4.69, 9.17) is 0 Å². The van der Waals surface area contributed by atoms with E-state index in [1.54, 1.807) is 24.3 Å². The predicted molar refractivity (Wildman–Crippen MR) is 97.8 cm³/mol. The monoisotopic (exact) mass is 333 g/mol. The van der Waals surface area contributed by atoms with Crippen molar-refractivity contribution in [2.45, 2.75) is 12.8 Å². The number of anilines is 1. The number of fused-ring (bicyclic) bond motifs is 1. The summed E-state index contributed by atoms with van der Waals surface area (Å²) in [4.78, 5) is 29.7. The van der Waals surface area contributed by atoms with E-state index in [1.807, 2.05) is 35.2 Å². The Bertz CT molecular complexity index is 889. The highest BCUT2D eigenvalue weighted by molar-refractivity contribution is 6.06. The third-order valence-corrected chi connectivity index (χ3v) is 4.56. The number of carbonyl (C=O) groups excluding carboxylic acids is 2. The fourth-order valence-corrected chi connectivity index (χ4v) is 3.19. The van der Waals surface area contributed by atoms with Gasteiger partial charge in [-0.1, -0.05) is 18.2 Å². The van der Waals surface area contributed by atoms with Crippen molar-refractivity contribution in [3.8, 4) is 0 Å². The molecule has 1 aliphatic rings. The molecule has 1 aliphatic heterocycles. The normalized spacial score (nSPS) is 14.0. The molecule has 0 unspecified atom stereocenters. The first-order valence-electron chi connectivity index (χ1n) is 8.49. The Morgan fingerprint density at radius 1 is 0.960 bits per heavy atom. The van der Waals surface area contributed by atoms with Crippen LogP contribution in [0.4, 0.5) is 5.69 Å². The number of benzene rings is 2. The Morgan fingerprint density at radius 3 is 2.40 bits per heavy atom. The van der Waals surface area contributed by atoms with Gasteiger partial charge in [-0.2, -0.15) is 0 Å². The molecule has 25 heavy (non-hydrogen) atoms. The maximum absolute atomic E-state index is 12.4. The largest absolute Gasteiger partial charge is 0.351 e. The lowest BCUT2D eigenvalue weighted by atomic mass is 10.2. The zero-order valence-corrected chi connectivity index (χ0v) is 13.8. The number of nitrogens with one attached hydrogen (secondary N) is 2. The fraction of sp³-hybridized carbons (Fsp3) is 0.200. The van der Waals surface area contributed by atoms with Gasteiger partial charge in [0.25, 0.3) is 11.8 Å². The number of nitrogens with zero attached hydrogens (tertiary/aromatic N) is 1. The average molecular weight is 333 g/mol. The molecule has 0 atom stereocenters. The first-order chi connectivity index (χ1) is 12.2. The number of H-pyrrole nitrogens is 1. The second kappa shape index (κ2) is 6.43.